The van der Waals surface area contributed by atoms with Crippen molar-refractivity contribution in [2.75, 3.05) is 43.5 Å². The van der Waals surface area contributed by atoms with E-state index in [0.29, 0.717) is 5.56 Å². The molecule has 158 valence electrons. The number of piperidine rings is 1. The van der Waals surface area contributed by atoms with E-state index in [1.807, 2.05) is 35.2 Å². The minimum Gasteiger partial charge on any atom is -0.497 e. The molecule has 0 saturated carbocycles. The fourth-order valence-electron chi connectivity index (χ4n) is 4.14. The maximum Gasteiger partial charge on any atom is 0.254 e. The molecular weight excluding hydrogens is 380 g/mol. The van der Waals surface area contributed by atoms with Crippen molar-refractivity contribution < 1.29 is 14.3 Å². The first-order valence-corrected chi connectivity index (χ1v) is 10.6. The van der Waals surface area contributed by atoms with Crippen LogP contribution in [-0.2, 0) is 4.79 Å². The largest absolute Gasteiger partial charge is 0.497 e. The van der Waals surface area contributed by atoms with E-state index in [0.717, 1.165) is 69.1 Å². The van der Waals surface area contributed by atoms with Gasteiger partial charge in [0.2, 0.25) is 5.91 Å². The Morgan fingerprint density at radius 1 is 1.07 bits per heavy atom. The number of hydrogen-bond acceptors (Lipinski definition) is 5. The van der Waals surface area contributed by atoms with Gasteiger partial charge in [-0.05, 0) is 49.9 Å². The number of carbonyl (C=O) groups is 2. The average Bonchev–Trinajstić information content (AvgIpc) is 3.34. The molecule has 3 heterocycles. The van der Waals surface area contributed by atoms with Gasteiger partial charge in [-0.25, -0.2) is 4.98 Å². The van der Waals surface area contributed by atoms with Gasteiger partial charge in [0, 0.05) is 55.6 Å². The molecule has 2 aliphatic heterocycles. The molecular formula is C23H28N4O3. The standard InChI is InChI=1S/C23H28N4O3/c1-30-20-6-4-5-19(16-20)25-22(28)17-8-13-26(14-9-17)21-15-18(7-10-24-21)23(29)27-11-2-3-12-27/h4-7,10,15-17H,2-3,8-9,11-14H2,1H3,(H,25,28). The molecule has 0 radical (unpaired) electrons. The summed E-state index contributed by atoms with van der Waals surface area (Å²) in [5.74, 6) is 1.61. The number of likely N-dealkylation sites (tertiary alicyclic amines) is 1. The van der Waals surface area contributed by atoms with Crippen molar-refractivity contribution in [3.8, 4) is 5.75 Å². The number of rotatable bonds is 5. The number of benzene rings is 1. The average molecular weight is 409 g/mol. The molecule has 7 heteroatoms. The Bertz CT molecular complexity index is 903. The predicted molar refractivity (Wildman–Crippen MR) is 116 cm³/mol. The summed E-state index contributed by atoms with van der Waals surface area (Å²) in [5, 5.41) is 2.99. The summed E-state index contributed by atoms with van der Waals surface area (Å²) in [4.78, 5) is 33.9. The lowest BCUT2D eigenvalue weighted by molar-refractivity contribution is -0.120. The van der Waals surface area contributed by atoms with Crippen LogP contribution in [0.2, 0.25) is 0 Å². The smallest absolute Gasteiger partial charge is 0.254 e. The van der Waals surface area contributed by atoms with Crippen LogP contribution in [0.3, 0.4) is 0 Å². The Morgan fingerprint density at radius 3 is 2.57 bits per heavy atom. The zero-order valence-electron chi connectivity index (χ0n) is 17.3. The van der Waals surface area contributed by atoms with Gasteiger partial charge in [0.05, 0.1) is 7.11 Å². The Morgan fingerprint density at radius 2 is 1.83 bits per heavy atom. The summed E-state index contributed by atoms with van der Waals surface area (Å²) in [6, 6.07) is 11.1. The van der Waals surface area contributed by atoms with Crippen molar-refractivity contribution in [3.63, 3.8) is 0 Å². The highest BCUT2D eigenvalue weighted by Crippen LogP contribution is 2.25. The highest BCUT2D eigenvalue weighted by molar-refractivity contribution is 5.95. The summed E-state index contributed by atoms with van der Waals surface area (Å²) in [7, 11) is 1.61. The summed E-state index contributed by atoms with van der Waals surface area (Å²) in [6.45, 7) is 3.16. The van der Waals surface area contributed by atoms with Crippen LogP contribution >= 0.6 is 0 Å². The normalized spacial score (nSPS) is 17.1. The molecule has 4 rings (SSSR count). The third-order valence-electron chi connectivity index (χ3n) is 5.91. The second kappa shape index (κ2) is 9.15. The number of amides is 2. The molecule has 2 aromatic rings. The Hall–Kier alpha value is -3.09. The van der Waals surface area contributed by atoms with Gasteiger partial charge in [-0.15, -0.1) is 0 Å². The third-order valence-corrected chi connectivity index (χ3v) is 5.91. The second-order valence-corrected chi connectivity index (χ2v) is 7.88. The number of ether oxygens (including phenoxy) is 1. The molecule has 2 aliphatic rings. The molecule has 2 amide bonds. The first-order valence-electron chi connectivity index (χ1n) is 10.6. The van der Waals surface area contributed by atoms with Gasteiger partial charge in [-0.1, -0.05) is 6.07 Å². The molecule has 2 saturated heterocycles. The topological polar surface area (TPSA) is 74.8 Å². The van der Waals surface area contributed by atoms with Crippen molar-refractivity contribution in [2.45, 2.75) is 25.7 Å². The number of hydrogen-bond donors (Lipinski definition) is 1. The lowest BCUT2D eigenvalue weighted by atomic mass is 9.95. The number of nitrogens with zero attached hydrogens (tertiary/aromatic N) is 3. The fraction of sp³-hybridized carbons (Fsp3) is 0.435. The van der Waals surface area contributed by atoms with E-state index in [1.54, 1.807) is 19.4 Å². The first-order chi connectivity index (χ1) is 14.6. The molecule has 30 heavy (non-hydrogen) atoms. The van der Waals surface area contributed by atoms with Gasteiger partial charge in [0.15, 0.2) is 0 Å². The quantitative estimate of drug-likeness (QED) is 0.823. The van der Waals surface area contributed by atoms with Crippen LogP contribution in [0.1, 0.15) is 36.0 Å². The van der Waals surface area contributed by atoms with E-state index in [9.17, 15) is 9.59 Å². The van der Waals surface area contributed by atoms with E-state index < -0.39 is 0 Å². The van der Waals surface area contributed by atoms with Crippen LogP contribution in [0, 0.1) is 5.92 Å². The molecule has 7 nitrogen and oxygen atoms in total. The monoisotopic (exact) mass is 408 g/mol. The van der Waals surface area contributed by atoms with Gasteiger partial charge in [-0.3, -0.25) is 9.59 Å². The maximum atomic E-state index is 12.7. The number of nitrogens with one attached hydrogen (secondary N) is 1. The number of pyridine rings is 1. The van der Waals surface area contributed by atoms with Crippen LogP contribution in [0.15, 0.2) is 42.6 Å². The SMILES string of the molecule is COc1cccc(NC(=O)C2CCN(c3cc(C(=O)N4CCCC4)ccn3)CC2)c1. The van der Waals surface area contributed by atoms with Gasteiger partial charge in [0.25, 0.3) is 5.91 Å². The van der Waals surface area contributed by atoms with Crippen LogP contribution < -0.4 is 15.0 Å². The van der Waals surface area contributed by atoms with Gasteiger partial charge in [0.1, 0.15) is 11.6 Å². The van der Waals surface area contributed by atoms with Crippen molar-refractivity contribution in [1.29, 1.82) is 0 Å². The summed E-state index contributed by atoms with van der Waals surface area (Å²) < 4.78 is 5.21. The zero-order chi connectivity index (χ0) is 20.9. The van der Waals surface area contributed by atoms with E-state index in [1.165, 1.54) is 0 Å². The molecule has 1 aromatic heterocycles. The van der Waals surface area contributed by atoms with E-state index >= 15 is 0 Å². The van der Waals surface area contributed by atoms with Gasteiger partial charge < -0.3 is 19.9 Å². The minimum atomic E-state index is -0.0399. The Kier molecular flexibility index (Phi) is 6.16. The molecule has 1 N–H and O–H groups in total. The highest BCUT2D eigenvalue weighted by atomic mass is 16.5. The van der Waals surface area contributed by atoms with Crippen LogP contribution in [0.4, 0.5) is 11.5 Å². The maximum absolute atomic E-state index is 12.7. The Labute approximate surface area is 177 Å². The lowest BCUT2D eigenvalue weighted by Crippen LogP contribution is -2.38. The minimum absolute atomic E-state index is 0.0359. The Balaban J connectivity index is 1.34. The number of carbonyl (C=O) groups excluding carboxylic acids is 2. The second-order valence-electron chi connectivity index (χ2n) is 7.88. The van der Waals surface area contributed by atoms with Crippen LogP contribution in [0.5, 0.6) is 5.75 Å². The molecule has 1 aromatic carbocycles. The molecule has 0 atom stereocenters. The first kappa shape index (κ1) is 20.2. The number of aromatic nitrogens is 1. The third kappa shape index (κ3) is 4.56. The molecule has 0 unspecified atom stereocenters. The van der Waals surface area contributed by atoms with Crippen LogP contribution in [0.25, 0.3) is 0 Å². The van der Waals surface area contributed by atoms with Crippen molar-refractivity contribution in [3.05, 3.63) is 48.2 Å². The van der Waals surface area contributed by atoms with Crippen LogP contribution in [-0.4, -0.2) is 55.0 Å². The molecule has 0 bridgehead atoms. The van der Waals surface area contributed by atoms with E-state index in [4.69, 9.17) is 4.74 Å². The van der Waals surface area contributed by atoms with Crippen molar-refractivity contribution in [1.82, 2.24) is 9.88 Å². The predicted octanol–water partition coefficient (Wildman–Crippen LogP) is 3.18. The van der Waals surface area contributed by atoms with Gasteiger partial charge in [-0.2, -0.15) is 0 Å². The molecule has 0 aliphatic carbocycles. The van der Waals surface area contributed by atoms with Crippen molar-refractivity contribution in [2.24, 2.45) is 5.92 Å². The lowest BCUT2D eigenvalue weighted by Gasteiger charge is -2.32. The number of anilines is 2. The summed E-state index contributed by atoms with van der Waals surface area (Å²) >= 11 is 0. The number of methoxy groups -OCH3 is 1. The van der Waals surface area contributed by atoms with E-state index in [-0.39, 0.29) is 17.7 Å². The van der Waals surface area contributed by atoms with E-state index in [2.05, 4.69) is 15.2 Å². The highest BCUT2D eigenvalue weighted by Gasteiger charge is 2.27. The van der Waals surface area contributed by atoms with Gasteiger partial charge >= 0.3 is 0 Å². The summed E-state index contributed by atoms with van der Waals surface area (Å²) in [5.41, 5.74) is 1.44. The summed E-state index contributed by atoms with van der Waals surface area (Å²) in [6.07, 6.45) is 5.37. The fourth-order valence-corrected chi connectivity index (χ4v) is 4.14. The van der Waals surface area contributed by atoms with Crippen molar-refractivity contribution >= 4 is 23.3 Å². The zero-order valence-corrected chi connectivity index (χ0v) is 17.3. The molecule has 0 spiro atoms. The molecule has 2 fully saturated rings.